The molecule has 15 nitrogen and oxygen atoms in total. The van der Waals surface area contributed by atoms with Crippen LogP contribution in [0, 0.1) is 0 Å². The molecule has 10 atom stereocenters. The largest absolute Gasteiger partial charge is 0.456 e. The van der Waals surface area contributed by atoms with Crippen LogP contribution in [0.1, 0.15) is 38.8 Å². The van der Waals surface area contributed by atoms with Crippen LogP contribution in [0.5, 0.6) is 0 Å². The number of aliphatic hydroxyl groups is 2. The van der Waals surface area contributed by atoms with Crippen molar-refractivity contribution < 1.29 is 67.3 Å². The fourth-order valence-electron chi connectivity index (χ4n) is 5.62. The highest BCUT2D eigenvalue weighted by Crippen LogP contribution is 2.33. The van der Waals surface area contributed by atoms with Gasteiger partial charge in [-0.05, 0) is 11.1 Å². The summed E-state index contributed by atoms with van der Waals surface area (Å²) in [6, 6.07) is 17.1. The van der Waals surface area contributed by atoms with Gasteiger partial charge in [0.25, 0.3) is 0 Å². The molecule has 2 aromatic carbocycles. The summed E-state index contributed by atoms with van der Waals surface area (Å²) in [7, 11) is 0. The molecule has 2 aliphatic heterocycles. The van der Waals surface area contributed by atoms with Crippen molar-refractivity contribution in [2.24, 2.45) is 0 Å². The standard InChI is InChI=1S/C34H43NO14/c1-19(36)35-27-28(40)29(25(47-33(27)41)17-42-15-23-11-7-5-8-12-23)49-34-32(46-22(4)39)31(45-21(3)38)30(44-20(2)37)26(48-34)18-43-16-24-13-9-6-10-14-24/h5-14,25-34,40-41H,15-18H2,1-4H3,(H,35,36)/t25-,26-,27-,28-,29-,30+,31+,32-,33-,34+/m1/s1. The first-order chi connectivity index (χ1) is 23.4. The summed E-state index contributed by atoms with van der Waals surface area (Å²) in [5.74, 6) is -2.90. The lowest BCUT2D eigenvalue weighted by Gasteiger charge is -2.48. The summed E-state index contributed by atoms with van der Waals surface area (Å²) in [6.45, 7) is 4.50. The highest BCUT2D eigenvalue weighted by Gasteiger charge is 2.55. The second kappa shape index (κ2) is 18.2. The Bertz CT molecular complexity index is 1380. The zero-order valence-corrected chi connectivity index (χ0v) is 27.7. The van der Waals surface area contributed by atoms with E-state index in [1.807, 2.05) is 60.7 Å². The number of benzene rings is 2. The molecule has 0 unspecified atom stereocenters. The van der Waals surface area contributed by atoms with Crippen molar-refractivity contribution in [3.8, 4) is 0 Å². The molecule has 2 aliphatic rings. The molecule has 2 heterocycles. The normalized spacial score (nSPS) is 29.8. The summed E-state index contributed by atoms with van der Waals surface area (Å²) in [5.41, 5.74) is 1.69. The summed E-state index contributed by atoms with van der Waals surface area (Å²) in [6.07, 6.45) is -12.8. The predicted molar refractivity (Wildman–Crippen MR) is 167 cm³/mol. The third-order valence-electron chi connectivity index (χ3n) is 7.64. The molecule has 2 aromatic rings. The molecule has 1 amide bonds. The number of nitrogens with one attached hydrogen (secondary N) is 1. The molecule has 49 heavy (non-hydrogen) atoms. The van der Waals surface area contributed by atoms with Gasteiger partial charge in [-0.1, -0.05) is 60.7 Å². The van der Waals surface area contributed by atoms with Crippen LogP contribution >= 0.6 is 0 Å². The Morgan fingerprint density at radius 3 is 1.61 bits per heavy atom. The van der Waals surface area contributed by atoms with E-state index in [4.69, 9.17) is 37.9 Å². The Morgan fingerprint density at radius 2 is 1.12 bits per heavy atom. The Morgan fingerprint density at radius 1 is 0.653 bits per heavy atom. The molecule has 2 saturated heterocycles. The Labute approximate surface area is 283 Å². The molecule has 0 saturated carbocycles. The molecule has 15 heteroatoms. The van der Waals surface area contributed by atoms with Gasteiger partial charge in [0, 0.05) is 27.7 Å². The van der Waals surface area contributed by atoms with E-state index >= 15 is 0 Å². The minimum atomic E-state index is -1.65. The van der Waals surface area contributed by atoms with Gasteiger partial charge in [0.05, 0.1) is 26.4 Å². The highest BCUT2D eigenvalue weighted by atomic mass is 16.7. The molecule has 2 fully saturated rings. The van der Waals surface area contributed by atoms with Crippen LogP contribution in [-0.4, -0.2) is 109 Å². The minimum Gasteiger partial charge on any atom is -0.456 e. The van der Waals surface area contributed by atoms with E-state index in [0.717, 1.165) is 31.9 Å². The van der Waals surface area contributed by atoms with E-state index in [9.17, 15) is 29.4 Å². The lowest BCUT2D eigenvalue weighted by molar-refractivity contribution is -0.348. The number of amides is 1. The quantitative estimate of drug-likeness (QED) is 0.187. The van der Waals surface area contributed by atoms with Gasteiger partial charge in [-0.15, -0.1) is 0 Å². The van der Waals surface area contributed by atoms with E-state index in [2.05, 4.69) is 5.32 Å². The van der Waals surface area contributed by atoms with E-state index in [0.29, 0.717) is 0 Å². The number of rotatable bonds is 14. The van der Waals surface area contributed by atoms with Gasteiger partial charge in [0.1, 0.15) is 30.5 Å². The van der Waals surface area contributed by atoms with Crippen molar-refractivity contribution in [3.05, 3.63) is 71.8 Å². The van der Waals surface area contributed by atoms with Crippen molar-refractivity contribution in [2.75, 3.05) is 13.2 Å². The topological polar surface area (TPSA) is 195 Å². The SMILES string of the molecule is CC(=O)N[C@@H]1[C@@H](O)[C@H](O[C@@H]2O[C@H](COCc3ccccc3)[C@H](OC(C)=O)[C@H](OC(C)=O)[C@H]2OC(C)=O)[C@@H](COCc2ccccc2)O[C@H]1O. The second-order valence-electron chi connectivity index (χ2n) is 11.6. The van der Waals surface area contributed by atoms with Crippen LogP contribution in [0.15, 0.2) is 60.7 Å². The van der Waals surface area contributed by atoms with Crippen molar-refractivity contribution in [1.29, 1.82) is 0 Å². The van der Waals surface area contributed by atoms with Crippen molar-refractivity contribution in [1.82, 2.24) is 5.32 Å². The number of aliphatic hydroxyl groups excluding tert-OH is 2. The van der Waals surface area contributed by atoms with Gasteiger partial charge in [0.2, 0.25) is 5.91 Å². The smallest absolute Gasteiger partial charge is 0.303 e. The lowest BCUT2D eigenvalue weighted by atomic mass is 9.95. The number of hydrogen-bond donors (Lipinski definition) is 3. The van der Waals surface area contributed by atoms with Crippen LogP contribution in [0.2, 0.25) is 0 Å². The van der Waals surface area contributed by atoms with Crippen molar-refractivity contribution >= 4 is 23.8 Å². The molecule has 0 spiro atoms. The fraction of sp³-hybridized carbons (Fsp3) is 0.529. The summed E-state index contributed by atoms with van der Waals surface area (Å²) < 4.78 is 46.7. The maximum atomic E-state index is 12.4. The molecule has 3 N–H and O–H groups in total. The molecule has 0 aromatic heterocycles. The Hall–Kier alpha value is -3.96. The third kappa shape index (κ3) is 11.0. The Balaban J connectivity index is 1.65. The van der Waals surface area contributed by atoms with Crippen LogP contribution in [0.4, 0.5) is 0 Å². The Kier molecular flexibility index (Phi) is 14.0. The number of ether oxygens (including phenoxy) is 8. The minimum absolute atomic E-state index is 0.150. The van der Waals surface area contributed by atoms with Crippen molar-refractivity contribution in [3.63, 3.8) is 0 Å². The summed E-state index contributed by atoms with van der Waals surface area (Å²) in [5, 5.41) is 24.7. The fourth-order valence-corrected chi connectivity index (χ4v) is 5.62. The lowest BCUT2D eigenvalue weighted by Crippen LogP contribution is -2.68. The summed E-state index contributed by atoms with van der Waals surface area (Å²) >= 11 is 0. The molecule has 0 radical (unpaired) electrons. The first-order valence-electron chi connectivity index (χ1n) is 15.8. The highest BCUT2D eigenvalue weighted by molar-refractivity contribution is 5.73. The zero-order valence-electron chi connectivity index (χ0n) is 27.7. The number of hydrogen-bond acceptors (Lipinski definition) is 14. The number of carbonyl (C=O) groups is 4. The van der Waals surface area contributed by atoms with Gasteiger partial charge in [-0.3, -0.25) is 19.2 Å². The molecule has 0 aliphatic carbocycles. The third-order valence-corrected chi connectivity index (χ3v) is 7.64. The van der Waals surface area contributed by atoms with Gasteiger partial charge in [-0.25, -0.2) is 0 Å². The van der Waals surface area contributed by atoms with Crippen LogP contribution < -0.4 is 5.32 Å². The first-order valence-corrected chi connectivity index (χ1v) is 15.8. The van der Waals surface area contributed by atoms with Crippen LogP contribution in [0.3, 0.4) is 0 Å². The van der Waals surface area contributed by atoms with Crippen LogP contribution in [-0.2, 0) is 70.3 Å². The van der Waals surface area contributed by atoms with E-state index < -0.39 is 85.2 Å². The molecule has 0 bridgehead atoms. The second-order valence-corrected chi connectivity index (χ2v) is 11.6. The van der Waals surface area contributed by atoms with Crippen molar-refractivity contribution in [2.45, 2.75) is 102 Å². The van der Waals surface area contributed by atoms with Gasteiger partial charge >= 0.3 is 17.9 Å². The van der Waals surface area contributed by atoms with E-state index in [1.54, 1.807) is 0 Å². The number of esters is 3. The van der Waals surface area contributed by atoms with E-state index in [1.165, 1.54) is 6.92 Å². The van der Waals surface area contributed by atoms with E-state index in [-0.39, 0.29) is 26.4 Å². The van der Waals surface area contributed by atoms with Gasteiger partial charge in [0.15, 0.2) is 30.9 Å². The predicted octanol–water partition coefficient (Wildman–Crippen LogP) is 0.908. The van der Waals surface area contributed by atoms with Gasteiger partial charge < -0.3 is 53.4 Å². The summed E-state index contributed by atoms with van der Waals surface area (Å²) in [4.78, 5) is 48.9. The first kappa shape index (κ1) is 37.9. The average molecular weight is 690 g/mol. The monoisotopic (exact) mass is 689 g/mol. The molecular weight excluding hydrogens is 646 g/mol. The molecular formula is C34H43NO14. The maximum Gasteiger partial charge on any atom is 0.303 e. The van der Waals surface area contributed by atoms with Gasteiger partial charge in [-0.2, -0.15) is 0 Å². The maximum absolute atomic E-state index is 12.4. The average Bonchev–Trinajstić information content (AvgIpc) is 3.04. The number of carbonyl (C=O) groups excluding carboxylic acids is 4. The van der Waals surface area contributed by atoms with Crippen LogP contribution in [0.25, 0.3) is 0 Å². The molecule has 4 rings (SSSR count). The molecule has 268 valence electrons. The zero-order chi connectivity index (χ0) is 35.5.